The maximum absolute atomic E-state index is 10.2. The van der Waals surface area contributed by atoms with E-state index in [9.17, 15) is 5.11 Å². The molecule has 3 heteroatoms. The van der Waals surface area contributed by atoms with Crippen LogP contribution >= 0.6 is 0 Å². The van der Waals surface area contributed by atoms with Crippen molar-refractivity contribution in [3.63, 3.8) is 0 Å². The van der Waals surface area contributed by atoms with Crippen LogP contribution in [0.25, 0.3) is 0 Å². The van der Waals surface area contributed by atoms with Crippen LogP contribution in [0.4, 0.5) is 0 Å². The summed E-state index contributed by atoms with van der Waals surface area (Å²) in [4.78, 5) is 0. The van der Waals surface area contributed by atoms with Crippen molar-refractivity contribution in [3.8, 4) is 0 Å². The first-order valence-electron chi connectivity index (χ1n) is 6.76. The van der Waals surface area contributed by atoms with Gasteiger partial charge in [-0.1, -0.05) is 52.8 Å². The van der Waals surface area contributed by atoms with Crippen LogP contribution in [0.2, 0.25) is 19.6 Å². The zero-order valence-corrected chi connectivity index (χ0v) is 12.5. The van der Waals surface area contributed by atoms with E-state index in [1.165, 1.54) is 19.3 Å². The Morgan fingerprint density at radius 2 is 1.88 bits per heavy atom. The normalized spacial score (nSPS) is 31.5. The quantitative estimate of drug-likeness (QED) is 0.423. The van der Waals surface area contributed by atoms with Gasteiger partial charge >= 0.3 is 0 Å². The molecule has 1 heterocycles. The second-order valence-electron chi connectivity index (χ2n) is 6.07. The summed E-state index contributed by atoms with van der Waals surface area (Å²) in [5.74, 6) is 0. The fourth-order valence-electron chi connectivity index (χ4n) is 2.81. The molecule has 0 aromatic heterocycles. The maximum Gasteiger partial charge on any atom is 0.109 e. The van der Waals surface area contributed by atoms with Gasteiger partial charge in [-0.3, -0.25) is 0 Å². The van der Waals surface area contributed by atoms with Crippen molar-refractivity contribution in [1.82, 2.24) is 0 Å². The van der Waals surface area contributed by atoms with Gasteiger partial charge in [0.1, 0.15) is 5.22 Å². The molecule has 1 rings (SSSR count). The fourth-order valence-corrected chi connectivity index (χ4v) is 5.62. The first kappa shape index (κ1) is 14.2. The van der Waals surface area contributed by atoms with E-state index in [0.717, 1.165) is 12.8 Å². The molecular formula is C13H28O2Si. The number of hydrogen-bond acceptors (Lipinski definition) is 2. The van der Waals surface area contributed by atoms with E-state index in [1.54, 1.807) is 0 Å². The molecule has 0 aromatic rings. The van der Waals surface area contributed by atoms with E-state index in [1.807, 2.05) is 0 Å². The standard InChI is InChI=1S/C13H28O2Si/c1-6-8-9-10-12-13(15-12,11(14)7-2)16(3,4)5/h11-12,14H,6-10H2,1-5H3/t11-,12-,13-/m0/s1. The Labute approximate surface area is 101 Å². The Morgan fingerprint density at radius 3 is 2.31 bits per heavy atom. The molecule has 0 spiro atoms. The minimum atomic E-state index is -1.45. The number of unbranched alkanes of at least 4 members (excludes halogenated alkanes) is 2. The first-order valence-corrected chi connectivity index (χ1v) is 10.3. The monoisotopic (exact) mass is 244 g/mol. The summed E-state index contributed by atoms with van der Waals surface area (Å²) in [5.41, 5.74) is 0. The van der Waals surface area contributed by atoms with Crippen LogP contribution in [0.15, 0.2) is 0 Å². The van der Waals surface area contributed by atoms with Crippen LogP contribution in [-0.2, 0) is 4.74 Å². The third-order valence-electron chi connectivity index (χ3n) is 3.88. The van der Waals surface area contributed by atoms with E-state index in [2.05, 4.69) is 33.5 Å². The van der Waals surface area contributed by atoms with E-state index in [0.29, 0.717) is 6.10 Å². The Hall–Kier alpha value is 0.137. The number of ether oxygens (including phenoxy) is 1. The molecule has 0 unspecified atom stereocenters. The average molecular weight is 244 g/mol. The van der Waals surface area contributed by atoms with E-state index in [4.69, 9.17) is 4.74 Å². The molecule has 0 saturated carbocycles. The first-order chi connectivity index (χ1) is 7.40. The van der Waals surface area contributed by atoms with Crippen molar-refractivity contribution < 1.29 is 9.84 Å². The topological polar surface area (TPSA) is 32.8 Å². The SMILES string of the molecule is CCCCC[C@@H]1O[C@@]1([C@@H](O)CC)[Si](C)(C)C. The fraction of sp³-hybridized carbons (Fsp3) is 1.00. The predicted octanol–water partition coefficient (Wildman–Crippen LogP) is 3.35. The number of aliphatic hydroxyl groups is 1. The number of rotatable bonds is 7. The van der Waals surface area contributed by atoms with Crippen molar-refractivity contribution >= 4 is 8.07 Å². The molecule has 96 valence electrons. The van der Waals surface area contributed by atoms with Crippen LogP contribution in [-0.4, -0.2) is 30.6 Å². The molecule has 0 aromatic carbocycles. The van der Waals surface area contributed by atoms with Crippen molar-refractivity contribution in [2.24, 2.45) is 0 Å². The summed E-state index contributed by atoms with van der Waals surface area (Å²) in [7, 11) is -1.45. The Morgan fingerprint density at radius 1 is 1.25 bits per heavy atom. The Balaban J connectivity index is 2.58. The molecule has 1 fully saturated rings. The van der Waals surface area contributed by atoms with Gasteiger partial charge in [0.25, 0.3) is 0 Å². The Kier molecular flexibility index (Phi) is 4.61. The van der Waals surface area contributed by atoms with Gasteiger partial charge in [0.2, 0.25) is 0 Å². The van der Waals surface area contributed by atoms with Crippen LogP contribution in [0.1, 0.15) is 46.0 Å². The van der Waals surface area contributed by atoms with E-state index in [-0.39, 0.29) is 11.3 Å². The summed E-state index contributed by atoms with van der Waals surface area (Å²) in [6, 6.07) is 0. The summed E-state index contributed by atoms with van der Waals surface area (Å²) in [5, 5.41) is 10.1. The highest BCUT2D eigenvalue weighted by molar-refractivity contribution is 6.80. The summed E-state index contributed by atoms with van der Waals surface area (Å²) < 4.78 is 5.98. The van der Waals surface area contributed by atoms with Crippen molar-refractivity contribution in [2.45, 2.75) is 83.0 Å². The van der Waals surface area contributed by atoms with Gasteiger partial charge in [0, 0.05) is 0 Å². The zero-order chi connectivity index (χ0) is 12.4. The molecule has 1 N–H and O–H groups in total. The van der Waals surface area contributed by atoms with Crippen LogP contribution in [0, 0.1) is 0 Å². The van der Waals surface area contributed by atoms with Crippen LogP contribution < -0.4 is 0 Å². The highest BCUT2D eigenvalue weighted by Gasteiger charge is 2.66. The molecule has 16 heavy (non-hydrogen) atoms. The lowest BCUT2D eigenvalue weighted by atomic mass is 10.1. The molecular weight excluding hydrogens is 216 g/mol. The smallest absolute Gasteiger partial charge is 0.109 e. The molecule has 1 aliphatic rings. The van der Waals surface area contributed by atoms with Crippen molar-refractivity contribution in [3.05, 3.63) is 0 Å². The van der Waals surface area contributed by atoms with Gasteiger partial charge in [-0.05, 0) is 12.8 Å². The number of epoxide rings is 1. The van der Waals surface area contributed by atoms with Crippen LogP contribution in [0.5, 0.6) is 0 Å². The third-order valence-corrected chi connectivity index (χ3v) is 7.00. The highest BCUT2D eigenvalue weighted by atomic mass is 28.3. The lowest BCUT2D eigenvalue weighted by Crippen LogP contribution is -2.52. The molecule has 0 bridgehead atoms. The van der Waals surface area contributed by atoms with E-state index < -0.39 is 8.07 Å². The summed E-state index contributed by atoms with van der Waals surface area (Å²) in [6.45, 7) is 11.2. The van der Waals surface area contributed by atoms with Gasteiger partial charge < -0.3 is 9.84 Å². The molecule has 0 amide bonds. The maximum atomic E-state index is 10.2. The molecule has 1 aliphatic heterocycles. The van der Waals surface area contributed by atoms with Gasteiger partial charge in [-0.25, -0.2) is 0 Å². The van der Waals surface area contributed by atoms with Gasteiger partial charge in [0.05, 0.1) is 20.3 Å². The minimum Gasteiger partial charge on any atom is -0.390 e. The van der Waals surface area contributed by atoms with Crippen molar-refractivity contribution in [2.75, 3.05) is 0 Å². The Bertz CT molecular complexity index is 224. The van der Waals surface area contributed by atoms with Gasteiger partial charge in [-0.2, -0.15) is 0 Å². The third kappa shape index (κ3) is 2.52. The van der Waals surface area contributed by atoms with Crippen molar-refractivity contribution in [1.29, 1.82) is 0 Å². The predicted molar refractivity (Wildman–Crippen MR) is 71.4 cm³/mol. The van der Waals surface area contributed by atoms with Gasteiger partial charge in [-0.15, -0.1) is 0 Å². The van der Waals surface area contributed by atoms with E-state index >= 15 is 0 Å². The number of aliphatic hydroxyl groups excluding tert-OH is 1. The zero-order valence-electron chi connectivity index (χ0n) is 11.5. The molecule has 1 saturated heterocycles. The molecule has 0 radical (unpaired) electrons. The summed E-state index contributed by atoms with van der Waals surface area (Å²) >= 11 is 0. The highest BCUT2D eigenvalue weighted by Crippen LogP contribution is 2.50. The lowest BCUT2D eigenvalue weighted by Gasteiger charge is -2.30. The number of hydrogen-bond donors (Lipinski definition) is 1. The average Bonchev–Trinajstić information content (AvgIpc) is 2.92. The summed E-state index contributed by atoms with van der Waals surface area (Å²) in [6.07, 6.45) is 5.80. The lowest BCUT2D eigenvalue weighted by molar-refractivity contribution is 0.107. The second kappa shape index (κ2) is 5.19. The molecule has 3 atom stereocenters. The van der Waals surface area contributed by atoms with Crippen LogP contribution in [0.3, 0.4) is 0 Å². The second-order valence-corrected chi connectivity index (χ2v) is 11.4. The minimum absolute atomic E-state index is 0.143. The van der Waals surface area contributed by atoms with Gasteiger partial charge in [0.15, 0.2) is 0 Å². The molecule has 2 nitrogen and oxygen atoms in total. The largest absolute Gasteiger partial charge is 0.390 e. The molecule has 0 aliphatic carbocycles.